The second-order valence-electron chi connectivity index (χ2n) is 5.03. The third-order valence-corrected chi connectivity index (χ3v) is 3.68. The van der Waals surface area contributed by atoms with E-state index in [0.717, 1.165) is 44.1 Å². The number of hydrogen-bond donors (Lipinski definition) is 1. The summed E-state index contributed by atoms with van der Waals surface area (Å²) in [6.07, 6.45) is 5.39. The van der Waals surface area contributed by atoms with Crippen LogP contribution < -0.4 is 0 Å². The van der Waals surface area contributed by atoms with Crippen molar-refractivity contribution >= 4 is 11.8 Å². The molecule has 1 fully saturated rings. The first-order chi connectivity index (χ1) is 8.65. The topological polar surface area (TPSA) is 54.4 Å². The standard InChI is InChI=1S/C15H18O3/c16-14-8-6-11(7-9-14)4-5-12-2-1-3-13(10-12)15(17)18/h1-3,10-11H,4-9H2,(H,17,18). The summed E-state index contributed by atoms with van der Waals surface area (Å²) in [5.74, 6) is 0.135. The van der Waals surface area contributed by atoms with E-state index < -0.39 is 5.97 Å². The fourth-order valence-corrected chi connectivity index (χ4v) is 2.52. The zero-order chi connectivity index (χ0) is 13.0. The van der Waals surface area contributed by atoms with E-state index in [9.17, 15) is 9.59 Å². The molecule has 0 saturated heterocycles. The number of aromatic carboxylic acids is 1. The van der Waals surface area contributed by atoms with Crippen LogP contribution in [0.25, 0.3) is 0 Å². The summed E-state index contributed by atoms with van der Waals surface area (Å²) in [4.78, 5) is 22.0. The molecule has 0 bridgehead atoms. The highest BCUT2D eigenvalue weighted by molar-refractivity contribution is 5.87. The number of Topliss-reactive ketones (excluding diaryl/α,β-unsaturated/α-hetero) is 1. The van der Waals surface area contributed by atoms with E-state index in [1.54, 1.807) is 18.2 Å². The second-order valence-corrected chi connectivity index (χ2v) is 5.03. The van der Waals surface area contributed by atoms with Crippen LogP contribution in [-0.4, -0.2) is 16.9 Å². The molecular formula is C15H18O3. The molecule has 1 aromatic carbocycles. The van der Waals surface area contributed by atoms with E-state index in [1.165, 1.54) is 0 Å². The number of carboxylic acid groups (broad SMARTS) is 1. The predicted octanol–water partition coefficient (Wildman–Crippen LogP) is 3.08. The van der Waals surface area contributed by atoms with Crippen molar-refractivity contribution in [3.63, 3.8) is 0 Å². The van der Waals surface area contributed by atoms with Gasteiger partial charge in [-0.2, -0.15) is 0 Å². The summed E-state index contributed by atoms with van der Waals surface area (Å²) in [7, 11) is 0. The van der Waals surface area contributed by atoms with E-state index in [0.29, 0.717) is 17.3 Å². The SMILES string of the molecule is O=C1CCC(CCc2cccc(C(=O)O)c2)CC1. The average molecular weight is 246 g/mol. The minimum Gasteiger partial charge on any atom is -0.478 e. The summed E-state index contributed by atoms with van der Waals surface area (Å²) in [6.45, 7) is 0. The van der Waals surface area contributed by atoms with Gasteiger partial charge < -0.3 is 5.11 Å². The maximum absolute atomic E-state index is 11.1. The van der Waals surface area contributed by atoms with Crippen LogP contribution >= 0.6 is 0 Å². The van der Waals surface area contributed by atoms with Crippen molar-refractivity contribution in [2.75, 3.05) is 0 Å². The van der Waals surface area contributed by atoms with Gasteiger partial charge >= 0.3 is 5.97 Å². The molecule has 0 amide bonds. The van der Waals surface area contributed by atoms with Crippen LogP contribution in [0.1, 0.15) is 48.0 Å². The molecule has 0 aliphatic heterocycles. The number of rotatable bonds is 4. The minimum atomic E-state index is -0.875. The summed E-state index contributed by atoms with van der Waals surface area (Å²) < 4.78 is 0. The Hall–Kier alpha value is -1.64. The first kappa shape index (κ1) is 12.8. The quantitative estimate of drug-likeness (QED) is 0.888. The van der Waals surface area contributed by atoms with Gasteiger partial charge in [0.05, 0.1) is 5.56 Å². The van der Waals surface area contributed by atoms with E-state index in [1.807, 2.05) is 6.07 Å². The van der Waals surface area contributed by atoms with Gasteiger partial charge in [0, 0.05) is 12.8 Å². The number of carboxylic acids is 1. The largest absolute Gasteiger partial charge is 0.478 e. The number of aryl methyl sites for hydroxylation is 1. The molecule has 3 nitrogen and oxygen atoms in total. The van der Waals surface area contributed by atoms with Gasteiger partial charge in [-0.25, -0.2) is 4.79 Å². The van der Waals surface area contributed by atoms with E-state index in [2.05, 4.69) is 0 Å². The molecule has 0 unspecified atom stereocenters. The van der Waals surface area contributed by atoms with Crippen LogP contribution in [-0.2, 0) is 11.2 Å². The van der Waals surface area contributed by atoms with Crippen molar-refractivity contribution < 1.29 is 14.7 Å². The Kier molecular flexibility index (Phi) is 4.13. The molecule has 1 aromatic rings. The summed E-state index contributed by atoms with van der Waals surface area (Å²) in [6, 6.07) is 7.13. The van der Waals surface area contributed by atoms with E-state index in [4.69, 9.17) is 5.11 Å². The highest BCUT2D eigenvalue weighted by Gasteiger charge is 2.18. The van der Waals surface area contributed by atoms with Crippen LogP contribution in [0.5, 0.6) is 0 Å². The zero-order valence-corrected chi connectivity index (χ0v) is 10.4. The van der Waals surface area contributed by atoms with Crippen molar-refractivity contribution in [1.82, 2.24) is 0 Å². The molecule has 0 aromatic heterocycles. The molecular weight excluding hydrogens is 228 g/mol. The van der Waals surface area contributed by atoms with Crippen molar-refractivity contribution in [2.24, 2.45) is 5.92 Å². The highest BCUT2D eigenvalue weighted by Crippen LogP contribution is 2.25. The Labute approximate surface area is 107 Å². The van der Waals surface area contributed by atoms with Gasteiger partial charge in [0.15, 0.2) is 0 Å². The van der Waals surface area contributed by atoms with Gasteiger partial charge in [0.2, 0.25) is 0 Å². The first-order valence-corrected chi connectivity index (χ1v) is 6.49. The molecule has 96 valence electrons. The summed E-state index contributed by atoms with van der Waals surface area (Å²) in [5.41, 5.74) is 1.43. The fraction of sp³-hybridized carbons (Fsp3) is 0.467. The number of benzene rings is 1. The fourth-order valence-electron chi connectivity index (χ4n) is 2.52. The van der Waals surface area contributed by atoms with Gasteiger partial charge in [0.1, 0.15) is 5.78 Å². The lowest BCUT2D eigenvalue weighted by Gasteiger charge is -2.20. The van der Waals surface area contributed by atoms with Crippen LogP contribution in [0, 0.1) is 5.92 Å². The van der Waals surface area contributed by atoms with Crippen LogP contribution in [0.4, 0.5) is 0 Å². The van der Waals surface area contributed by atoms with Crippen LogP contribution in [0.15, 0.2) is 24.3 Å². The Morgan fingerprint density at radius 2 is 2.00 bits per heavy atom. The molecule has 1 saturated carbocycles. The third-order valence-electron chi connectivity index (χ3n) is 3.68. The van der Waals surface area contributed by atoms with Gasteiger partial charge in [-0.05, 0) is 49.3 Å². The Bertz CT molecular complexity index is 441. The number of ketones is 1. The Balaban J connectivity index is 1.88. The lowest BCUT2D eigenvalue weighted by atomic mass is 9.84. The van der Waals surface area contributed by atoms with Crippen LogP contribution in [0.2, 0.25) is 0 Å². The number of carbonyl (C=O) groups excluding carboxylic acids is 1. The van der Waals surface area contributed by atoms with Crippen molar-refractivity contribution in [3.8, 4) is 0 Å². The molecule has 0 heterocycles. The summed E-state index contributed by atoms with van der Waals surface area (Å²) in [5, 5.41) is 8.92. The van der Waals surface area contributed by atoms with Crippen molar-refractivity contribution in [3.05, 3.63) is 35.4 Å². The average Bonchev–Trinajstić information content (AvgIpc) is 2.38. The zero-order valence-electron chi connectivity index (χ0n) is 10.4. The van der Waals surface area contributed by atoms with Gasteiger partial charge in [-0.3, -0.25) is 4.79 Å². The molecule has 3 heteroatoms. The van der Waals surface area contributed by atoms with Gasteiger partial charge in [0.25, 0.3) is 0 Å². The number of hydrogen-bond acceptors (Lipinski definition) is 2. The smallest absolute Gasteiger partial charge is 0.335 e. The minimum absolute atomic E-state index is 0.353. The molecule has 1 aliphatic carbocycles. The van der Waals surface area contributed by atoms with E-state index in [-0.39, 0.29) is 0 Å². The Morgan fingerprint density at radius 3 is 2.67 bits per heavy atom. The first-order valence-electron chi connectivity index (χ1n) is 6.49. The number of carbonyl (C=O) groups is 2. The van der Waals surface area contributed by atoms with Crippen molar-refractivity contribution in [2.45, 2.75) is 38.5 Å². The third kappa shape index (κ3) is 3.42. The molecule has 2 rings (SSSR count). The predicted molar refractivity (Wildman–Crippen MR) is 68.7 cm³/mol. The van der Waals surface area contributed by atoms with E-state index >= 15 is 0 Å². The highest BCUT2D eigenvalue weighted by atomic mass is 16.4. The summed E-state index contributed by atoms with van der Waals surface area (Å²) >= 11 is 0. The normalized spacial score (nSPS) is 16.8. The molecule has 0 atom stereocenters. The molecule has 0 spiro atoms. The molecule has 18 heavy (non-hydrogen) atoms. The van der Waals surface area contributed by atoms with Gasteiger partial charge in [-0.15, -0.1) is 0 Å². The monoisotopic (exact) mass is 246 g/mol. The van der Waals surface area contributed by atoms with Crippen LogP contribution in [0.3, 0.4) is 0 Å². The lowest BCUT2D eigenvalue weighted by Crippen LogP contribution is -2.14. The molecule has 0 radical (unpaired) electrons. The van der Waals surface area contributed by atoms with Gasteiger partial charge in [-0.1, -0.05) is 12.1 Å². The maximum atomic E-state index is 11.1. The Morgan fingerprint density at radius 1 is 1.28 bits per heavy atom. The molecule has 1 aliphatic rings. The van der Waals surface area contributed by atoms with Crippen molar-refractivity contribution in [1.29, 1.82) is 0 Å². The molecule has 1 N–H and O–H groups in total. The lowest BCUT2D eigenvalue weighted by molar-refractivity contribution is -0.121. The maximum Gasteiger partial charge on any atom is 0.335 e. The second kappa shape index (κ2) is 5.80.